The molecule has 2 N–H and O–H groups in total. The number of H-pyrrole nitrogens is 1. The van der Waals surface area contributed by atoms with E-state index in [0.29, 0.717) is 11.5 Å². The van der Waals surface area contributed by atoms with Crippen molar-refractivity contribution in [2.75, 3.05) is 20.8 Å². The Morgan fingerprint density at radius 3 is 2.35 bits per heavy atom. The van der Waals surface area contributed by atoms with E-state index in [1.165, 1.54) is 12.1 Å². The van der Waals surface area contributed by atoms with Crippen LogP contribution in [0.4, 0.5) is 13.2 Å². The number of carbonyl (C=O) groups is 1. The normalized spacial score (nSPS) is 12.4. The summed E-state index contributed by atoms with van der Waals surface area (Å²) in [6, 6.07) is 17.5. The largest absolute Gasteiger partial charge is 0.493 e. The zero-order valence-corrected chi connectivity index (χ0v) is 18.6. The van der Waals surface area contributed by atoms with E-state index < -0.39 is 17.6 Å². The van der Waals surface area contributed by atoms with E-state index in [-0.39, 0.29) is 18.0 Å². The second-order valence-corrected chi connectivity index (χ2v) is 7.71. The van der Waals surface area contributed by atoms with Gasteiger partial charge in [0.1, 0.15) is 0 Å². The van der Waals surface area contributed by atoms with Gasteiger partial charge >= 0.3 is 6.18 Å². The van der Waals surface area contributed by atoms with Crippen molar-refractivity contribution in [3.8, 4) is 11.5 Å². The van der Waals surface area contributed by atoms with E-state index in [1.54, 1.807) is 20.3 Å². The summed E-state index contributed by atoms with van der Waals surface area (Å²) in [7, 11) is 3.10. The van der Waals surface area contributed by atoms with Crippen molar-refractivity contribution in [3.63, 3.8) is 0 Å². The van der Waals surface area contributed by atoms with Crippen LogP contribution in [0.3, 0.4) is 0 Å². The van der Waals surface area contributed by atoms with Gasteiger partial charge in [0.2, 0.25) is 0 Å². The first kappa shape index (κ1) is 23.2. The number of amides is 1. The van der Waals surface area contributed by atoms with Crippen LogP contribution in [0.2, 0.25) is 0 Å². The first-order valence-corrected chi connectivity index (χ1v) is 10.6. The van der Waals surface area contributed by atoms with Crippen molar-refractivity contribution in [3.05, 3.63) is 95.2 Å². The quantitative estimate of drug-likeness (QED) is 0.362. The average Bonchev–Trinajstić information content (AvgIpc) is 3.27. The highest BCUT2D eigenvalue weighted by Crippen LogP contribution is 2.40. The molecule has 4 aromatic rings. The SMILES string of the molecule is COc1cccc(C(CNC(=O)c2ccc(C(F)(F)F)cc2)c2c[nH]c3ccccc23)c1OC. The van der Waals surface area contributed by atoms with Gasteiger partial charge in [-0.25, -0.2) is 0 Å². The lowest BCUT2D eigenvalue weighted by atomic mass is 9.89. The molecule has 0 spiro atoms. The molecule has 0 aliphatic rings. The highest BCUT2D eigenvalue weighted by atomic mass is 19.4. The van der Waals surface area contributed by atoms with Crippen LogP contribution < -0.4 is 14.8 Å². The summed E-state index contributed by atoms with van der Waals surface area (Å²) in [4.78, 5) is 16.0. The minimum absolute atomic E-state index is 0.142. The summed E-state index contributed by atoms with van der Waals surface area (Å²) < 4.78 is 49.7. The highest BCUT2D eigenvalue weighted by molar-refractivity contribution is 5.94. The monoisotopic (exact) mass is 468 g/mol. The summed E-state index contributed by atoms with van der Waals surface area (Å²) >= 11 is 0. The summed E-state index contributed by atoms with van der Waals surface area (Å²) in [6.07, 6.45) is -2.57. The zero-order chi connectivity index (χ0) is 24.3. The molecule has 1 heterocycles. The molecule has 1 unspecified atom stereocenters. The number of hydrogen-bond donors (Lipinski definition) is 2. The maximum absolute atomic E-state index is 12.9. The lowest BCUT2D eigenvalue weighted by Gasteiger charge is -2.22. The molecular formula is C26H23F3N2O3. The van der Waals surface area contributed by atoms with E-state index in [0.717, 1.165) is 34.2 Å². The molecule has 0 bridgehead atoms. The zero-order valence-electron chi connectivity index (χ0n) is 18.6. The Morgan fingerprint density at radius 1 is 0.941 bits per heavy atom. The van der Waals surface area contributed by atoms with E-state index in [9.17, 15) is 18.0 Å². The molecule has 0 fully saturated rings. The number of hydrogen-bond acceptors (Lipinski definition) is 3. The molecule has 8 heteroatoms. The minimum Gasteiger partial charge on any atom is -0.493 e. The molecule has 5 nitrogen and oxygen atoms in total. The van der Waals surface area contributed by atoms with Crippen molar-refractivity contribution in [2.24, 2.45) is 0 Å². The number of fused-ring (bicyclic) bond motifs is 1. The van der Waals surface area contributed by atoms with Crippen LogP contribution in [0.25, 0.3) is 10.9 Å². The van der Waals surface area contributed by atoms with Gasteiger partial charge in [0.05, 0.1) is 19.8 Å². The van der Waals surface area contributed by atoms with Crippen LogP contribution >= 0.6 is 0 Å². The van der Waals surface area contributed by atoms with E-state index >= 15 is 0 Å². The standard InChI is InChI=1S/C26H23F3N2O3/c1-33-23-9-5-7-19(24(23)34-2)21(20-14-30-22-8-4-3-6-18(20)22)15-31-25(32)16-10-12-17(13-11-16)26(27,28)29/h3-14,21,30H,15H2,1-2H3,(H,31,32). The Labute approximate surface area is 194 Å². The predicted octanol–water partition coefficient (Wildman–Crippen LogP) is 5.77. The second-order valence-electron chi connectivity index (χ2n) is 7.71. The van der Waals surface area contributed by atoms with Gasteiger partial charge in [0.15, 0.2) is 11.5 Å². The minimum atomic E-state index is -4.46. The lowest BCUT2D eigenvalue weighted by Crippen LogP contribution is -2.29. The van der Waals surface area contributed by atoms with Gasteiger partial charge < -0.3 is 19.8 Å². The van der Waals surface area contributed by atoms with Gasteiger partial charge in [-0.1, -0.05) is 30.3 Å². The second kappa shape index (κ2) is 9.51. The van der Waals surface area contributed by atoms with Crippen molar-refractivity contribution in [2.45, 2.75) is 12.1 Å². The van der Waals surface area contributed by atoms with Crippen LogP contribution in [0, 0.1) is 0 Å². The number of ether oxygens (including phenoxy) is 2. The molecule has 0 saturated heterocycles. The Morgan fingerprint density at radius 2 is 1.68 bits per heavy atom. The number of methoxy groups -OCH3 is 2. The number of alkyl halides is 3. The van der Waals surface area contributed by atoms with Crippen LogP contribution in [-0.4, -0.2) is 31.7 Å². The van der Waals surface area contributed by atoms with E-state index in [4.69, 9.17) is 9.47 Å². The topological polar surface area (TPSA) is 63.3 Å². The average molecular weight is 468 g/mol. The van der Waals surface area contributed by atoms with Crippen molar-refractivity contribution < 1.29 is 27.4 Å². The van der Waals surface area contributed by atoms with Gasteiger partial charge in [-0.3, -0.25) is 4.79 Å². The van der Waals surface area contributed by atoms with Crippen molar-refractivity contribution >= 4 is 16.8 Å². The molecule has 0 saturated carbocycles. The fourth-order valence-electron chi connectivity index (χ4n) is 4.06. The summed E-state index contributed by atoms with van der Waals surface area (Å²) in [5.74, 6) is 0.308. The Bertz CT molecular complexity index is 1300. The molecule has 0 radical (unpaired) electrons. The van der Waals surface area contributed by atoms with E-state index in [2.05, 4.69) is 10.3 Å². The number of carbonyl (C=O) groups excluding carboxylic acids is 1. The number of aromatic amines is 1. The number of halogens is 3. The summed E-state index contributed by atoms with van der Waals surface area (Å²) in [5, 5.41) is 3.85. The van der Waals surface area contributed by atoms with Gasteiger partial charge in [-0.15, -0.1) is 0 Å². The first-order chi connectivity index (χ1) is 16.3. The fraction of sp³-hybridized carbons (Fsp3) is 0.192. The Kier molecular flexibility index (Phi) is 6.49. The van der Waals surface area contributed by atoms with Crippen LogP contribution in [-0.2, 0) is 6.18 Å². The first-order valence-electron chi connectivity index (χ1n) is 10.6. The Balaban J connectivity index is 1.68. The third-order valence-corrected chi connectivity index (χ3v) is 5.75. The van der Waals surface area contributed by atoms with Gasteiger partial charge in [0.25, 0.3) is 5.91 Å². The Hall–Kier alpha value is -3.94. The van der Waals surface area contributed by atoms with Crippen LogP contribution in [0.5, 0.6) is 11.5 Å². The fourth-order valence-corrected chi connectivity index (χ4v) is 4.06. The maximum atomic E-state index is 12.9. The number of aromatic nitrogens is 1. The summed E-state index contributed by atoms with van der Waals surface area (Å²) in [5.41, 5.74) is 2.03. The predicted molar refractivity (Wildman–Crippen MR) is 123 cm³/mol. The third-order valence-electron chi connectivity index (χ3n) is 5.75. The van der Waals surface area contributed by atoms with Crippen LogP contribution in [0.15, 0.2) is 72.9 Å². The van der Waals surface area contributed by atoms with E-state index in [1.807, 2.05) is 42.6 Å². The molecule has 3 aromatic carbocycles. The molecule has 34 heavy (non-hydrogen) atoms. The molecule has 1 atom stereocenters. The molecule has 176 valence electrons. The molecule has 4 rings (SSSR count). The smallest absolute Gasteiger partial charge is 0.416 e. The molecule has 0 aliphatic heterocycles. The van der Waals surface area contributed by atoms with Crippen molar-refractivity contribution in [1.29, 1.82) is 0 Å². The van der Waals surface area contributed by atoms with Crippen molar-refractivity contribution in [1.82, 2.24) is 10.3 Å². The maximum Gasteiger partial charge on any atom is 0.416 e. The summed E-state index contributed by atoms with van der Waals surface area (Å²) in [6.45, 7) is 0.186. The highest BCUT2D eigenvalue weighted by Gasteiger charge is 2.30. The third kappa shape index (κ3) is 4.57. The molecular weight excluding hydrogens is 445 g/mol. The van der Waals surface area contributed by atoms with Crippen LogP contribution in [0.1, 0.15) is 33.0 Å². The number of benzene rings is 3. The molecule has 1 aromatic heterocycles. The van der Waals surface area contributed by atoms with Gasteiger partial charge in [-0.2, -0.15) is 13.2 Å². The lowest BCUT2D eigenvalue weighted by molar-refractivity contribution is -0.137. The molecule has 1 amide bonds. The van der Waals surface area contributed by atoms with Gasteiger partial charge in [-0.05, 0) is 42.0 Å². The number of nitrogens with one attached hydrogen (secondary N) is 2. The number of rotatable bonds is 7. The number of para-hydroxylation sites is 2. The molecule has 0 aliphatic carbocycles. The van der Waals surface area contributed by atoms with Gasteiger partial charge in [0, 0.05) is 40.7 Å².